The molecule has 0 spiro atoms. The molecule has 1 amide bonds. The van der Waals surface area contributed by atoms with Crippen LogP contribution in [0.25, 0.3) is 0 Å². The number of hydrogen-bond donors (Lipinski definition) is 2. The van der Waals surface area contributed by atoms with Gasteiger partial charge in [-0.3, -0.25) is 4.79 Å². The van der Waals surface area contributed by atoms with Crippen LogP contribution in [0.15, 0.2) is 30.3 Å². The Morgan fingerprint density at radius 1 is 1.16 bits per heavy atom. The van der Waals surface area contributed by atoms with Crippen molar-refractivity contribution in [3.05, 3.63) is 35.9 Å². The van der Waals surface area contributed by atoms with Crippen molar-refractivity contribution in [3.63, 3.8) is 0 Å². The molecule has 1 aliphatic carbocycles. The van der Waals surface area contributed by atoms with Gasteiger partial charge in [0, 0.05) is 19.1 Å². The number of carbonyl (C=O) groups excluding carboxylic acids is 1. The third kappa shape index (κ3) is 4.75. The zero-order chi connectivity index (χ0) is 16.9. The molecule has 5 heteroatoms. The van der Waals surface area contributed by atoms with Crippen LogP contribution in [0.4, 0.5) is 0 Å². The molecule has 0 unspecified atom stereocenters. The van der Waals surface area contributed by atoms with E-state index < -0.39 is 0 Å². The van der Waals surface area contributed by atoms with E-state index >= 15 is 0 Å². The number of rotatable bonds is 7. The largest absolute Gasteiger partial charge is 0.384 e. The fraction of sp³-hybridized carbons (Fsp3) is 0.650. The quantitative estimate of drug-likeness (QED) is 0.780. The van der Waals surface area contributed by atoms with Gasteiger partial charge in [0.25, 0.3) is 0 Å². The van der Waals surface area contributed by atoms with Gasteiger partial charge in [0.2, 0.25) is 5.91 Å². The summed E-state index contributed by atoms with van der Waals surface area (Å²) < 4.78 is 5.46. The van der Waals surface area contributed by atoms with Gasteiger partial charge in [-0.15, -0.1) is 12.4 Å². The predicted octanol–water partition coefficient (Wildman–Crippen LogP) is 2.95. The van der Waals surface area contributed by atoms with Crippen LogP contribution in [0.3, 0.4) is 0 Å². The van der Waals surface area contributed by atoms with E-state index in [1.54, 1.807) is 7.11 Å². The van der Waals surface area contributed by atoms with Crippen LogP contribution in [-0.4, -0.2) is 39.3 Å². The second-order valence-electron chi connectivity index (χ2n) is 7.66. The second kappa shape index (κ2) is 9.02. The van der Waals surface area contributed by atoms with Crippen LogP contribution in [0.1, 0.15) is 37.7 Å². The van der Waals surface area contributed by atoms with E-state index in [1.165, 1.54) is 5.56 Å². The molecule has 1 heterocycles. The number of hydrogen-bond acceptors (Lipinski definition) is 3. The lowest BCUT2D eigenvalue weighted by atomic mass is 9.64. The molecule has 0 aromatic heterocycles. The molecule has 2 aliphatic rings. The van der Waals surface area contributed by atoms with Gasteiger partial charge in [-0.05, 0) is 50.8 Å². The van der Waals surface area contributed by atoms with Gasteiger partial charge in [0.15, 0.2) is 0 Å². The van der Waals surface area contributed by atoms with Crippen molar-refractivity contribution in [2.24, 2.45) is 10.8 Å². The SMILES string of the molecule is COCC1(CNC(=O)C2(Cc3ccccc3)CCC2)CCNCC1.Cl. The summed E-state index contributed by atoms with van der Waals surface area (Å²) in [5.74, 6) is 0.242. The molecule has 1 saturated heterocycles. The van der Waals surface area contributed by atoms with Crippen molar-refractivity contribution >= 4 is 18.3 Å². The summed E-state index contributed by atoms with van der Waals surface area (Å²) in [5, 5.41) is 6.70. The third-order valence-electron chi connectivity index (χ3n) is 5.92. The average molecular weight is 367 g/mol. The van der Waals surface area contributed by atoms with Crippen LogP contribution < -0.4 is 10.6 Å². The molecule has 1 aromatic carbocycles. The number of halogens is 1. The van der Waals surface area contributed by atoms with Crippen molar-refractivity contribution in [1.82, 2.24) is 10.6 Å². The van der Waals surface area contributed by atoms with E-state index in [0.29, 0.717) is 0 Å². The molecular formula is C20H31ClN2O2. The number of piperidine rings is 1. The van der Waals surface area contributed by atoms with E-state index in [1.807, 2.05) is 6.07 Å². The number of ether oxygens (including phenoxy) is 1. The molecule has 1 aromatic rings. The minimum absolute atomic E-state index is 0. The second-order valence-corrected chi connectivity index (χ2v) is 7.66. The Labute approximate surface area is 157 Å². The van der Waals surface area contributed by atoms with Gasteiger partial charge in [-0.25, -0.2) is 0 Å². The van der Waals surface area contributed by atoms with Gasteiger partial charge in [-0.1, -0.05) is 36.8 Å². The van der Waals surface area contributed by atoms with Crippen LogP contribution in [0.2, 0.25) is 0 Å². The molecule has 4 nitrogen and oxygen atoms in total. The van der Waals surface area contributed by atoms with E-state index in [2.05, 4.69) is 34.9 Å². The first-order valence-corrected chi connectivity index (χ1v) is 9.20. The van der Waals surface area contributed by atoms with E-state index in [9.17, 15) is 4.79 Å². The summed E-state index contributed by atoms with van der Waals surface area (Å²) in [6.07, 6.45) is 6.16. The number of methoxy groups -OCH3 is 1. The van der Waals surface area contributed by atoms with E-state index in [4.69, 9.17) is 4.74 Å². The monoisotopic (exact) mass is 366 g/mol. The molecule has 25 heavy (non-hydrogen) atoms. The van der Waals surface area contributed by atoms with Crippen molar-refractivity contribution in [2.75, 3.05) is 33.4 Å². The van der Waals surface area contributed by atoms with Crippen LogP contribution >= 0.6 is 12.4 Å². The number of nitrogens with one attached hydrogen (secondary N) is 2. The topological polar surface area (TPSA) is 50.4 Å². The zero-order valence-electron chi connectivity index (χ0n) is 15.2. The maximum atomic E-state index is 13.0. The highest BCUT2D eigenvalue weighted by Gasteiger charge is 2.44. The molecular weight excluding hydrogens is 336 g/mol. The maximum absolute atomic E-state index is 13.0. The first kappa shape index (κ1) is 20.2. The molecule has 2 N–H and O–H groups in total. The number of benzene rings is 1. The summed E-state index contributed by atoms with van der Waals surface area (Å²) in [4.78, 5) is 13.0. The Bertz CT molecular complexity index is 534. The molecule has 2 fully saturated rings. The average Bonchev–Trinajstić information content (AvgIpc) is 2.58. The summed E-state index contributed by atoms with van der Waals surface area (Å²) >= 11 is 0. The fourth-order valence-corrected chi connectivity index (χ4v) is 4.16. The van der Waals surface area contributed by atoms with Crippen LogP contribution in [0, 0.1) is 10.8 Å². The lowest BCUT2D eigenvalue weighted by Crippen LogP contribution is -2.52. The highest BCUT2D eigenvalue weighted by Crippen LogP contribution is 2.44. The third-order valence-corrected chi connectivity index (χ3v) is 5.92. The standard InChI is InChI=1S/C20H30N2O2.ClH/c1-24-16-19(10-12-21-13-11-19)15-22-18(23)20(8-5-9-20)14-17-6-3-2-4-7-17;/h2-4,6-7,21H,5,8-16H2,1H3,(H,22,23);1H. The molecule has 1 aliphatic heterocycles. The van der Waals surface area contributed by atoms with Crippen molar-refractivity contribution in [3.8, 4) is 0 Å². The number of carbonyl (C=O) groups is 1. The lowest BCUT2D eigenvalue weighted by molar-refractivity contribution is -0.136. The van der Waals surface area contributed by atoms with E-state index in [-0.39, 0.29) is 29.1 Å². The van der Waals surface area contributed by atoms with Crippen molar-refractivity contribution in [2.45, 2.75) is 38.5 Å². The summed E-state index contributed by atoms with van der Waals surface area (Å²) in [7, 11) is 1.76. The summed E-state index contributed by atoms with van der Waals surface area (Å²) in [5.41, 5.74) is 1.16. The molecule has 0 bridgehead atoms. The number of amides is 1. The first-order chi connectivity index (χ1) is 11.7. The minimum atomic E-state index is -0.192. The Kier molecular flexibility index (Phi) is 7.29. The Hall–Kier alpha value is -1.10. The van der Waals surface area contributed by atoms with Crippen LogP contribution in [-0.2, 0) is 16.0 Å². The zero-order valence-corrected chi connectivity index (χ0v) is 16.0. The van der Waals surface area contributed by atoms with Gasteiger partial charge >= 0.3 is 0 Å². The molecule has 0 atom stereocenters. The first-order valence-electron chi connectivity index (χ1n) is 9.20. The maximum Gasteiger partial charge on any atom is 0.226 e. The Morgan fingerprint density at radius 3 is 2.40 bits per heavy atom. The Morgan fingerprint density at radius 2 is 1.84 bits per heavy atom. The fourth-order valence-electron chi connectivity index (χ4n) is 4.16. The molecule has 140 valence electrons. The summed E-state index contributed by atoms with van der Waals surface area (Å²) in [6.45, 7) is 3.47. The predicted molar refractivity (Wildman–Crippen MR) is 103 cm³/mol. The highest BCUT2D eigenvalue weighted by atomic mass is 35.5. The minimum Gasteiger partial charge on any atom is -0.384 e. The van der Waals surface area contributed by atoms with Gasteiger partial charge < -0.3 is 15.4 Å². The molecule has 0 radical (unpaired) electrons. The summed E-state index contributed by atoms with van der Waals surface area (Å²) in [6, 6.07) is 10.4. The highest BCUT2D eigenvalue weighted by molar-refractivity contribution is 5.85. The Balaban J connectivity index is 0.00000225. The van der Waals surface area contributed by atoms with Gasteiger partial charge in [0.1, 0.15) is 0 Å². The van der Waals surface area contributed by atoms with E-state index in [0.717, 1.165) is 64.8 Å². The van der Waals surface area contributed by atoms with Gasteiger partial charge in [-0.2, -0.15) is 0 Å². The van der Waals surface area contributed by atoms with Gasteiger partial charge in [0.05, 0.1) is 12.0 Å². The molecule has 1 saturated carbocycles. The van der Waals surface area contributed by atoms with Crippen molar-refractivity contribution in [1.29, 1.82) is 0 Å². The smallest absolute Gasteiger partial charge is 0.226 e. The van der Waals surface area contributed by atoms with Crippen molar-refractivity contribution < 1.29 is 9.53 Å². The molecule has 3 rings (SSSR count). The van der Waals surface area contributed by atoms with Crippen LogP contribution in [0.5, 0.6) is 0 Å². The normalized spacial score (nSPS) is 20.8. The lowest BCUT2D eigenvalue weighted by Gasteiger charge is -2.43.